The first kappa shape index (κ1) is 15.6. The topological polar surface area (TPSA) is 21.3 Å². The second kappa shape index (κ2) is 7.83. The fraction of sp³-hybridized carbons (Fsp3) is 0.500. The Morgan fingerprint density at radius 2 is 1.78 bits per heavy atom. The maximum Gasteiger partial charge on any atom is 0.573 e. The fourth-order valence-electron chi connectivity index (χ4n) is 1.39. The van der Waals surface area contributed by atoms with Gasteiger partial charge in [0.2, 0.25) is 0 Å². The van der Waals surface area contributed by atoms with Crippen molar-refractivity contribution >= 4 is 22.6 Å². The zero-order valence-corrected chi connectivity index (χ0v) is 11.9. The maximum absolute atomic E-state index is 11.9. The van der Waals surface area contributed by atoms with Crippen LogP contribution in [-0.4, -0.2) is 17.3 Å². The number of ether oxygens (including phenoxy) is 1. The van der Waals surface area contributed by atoms with Crippen LogP contribution in [0.3, 0.4) is 0 Å². The van der Waals surface area contributed by atoms with Crippen LogP contribution in [0, 0.1) is 0 Å². The minimum Gasteiger partial charge on any atom is -0.406 e. The molecule has 0 bridgehead atoms. The van der Waals surface area contributed by atoms with Gasteiger partial charge in [-0.25, -0.2) is 0 Å². The van der Waals surface area contributed by atoms with E-state index in [2.05, 4.69) is 32.6 Å². The van der Waals surface area contributed by atoms with E-state index in [1.807, 2.05) is 0 Å². The highest BCUT2D eigenvalue weighted by molar-refractivity contribution is 14.1. The van der Waals surface area contributed by atoms with E-state index in [0.717, 1.165) is 23.0 Å². The van der Waals surface area contributed by atoms with Gasteiger partial charge in [-0.15, -0.1) is 13.2 Å². The average Bonchev–Trinajstić information content (AvgIpc) is 2.29. The van der Waals surface area contributed by atoms with Crippen LogP contribution in [-0.2, 0) is 6.54 Å². The van der Waals surface area contributed by atoms with Gasteiger partial charge in [0.15, 0.2) is 0 Å². The third-order valence-corrected chi connectivity index (χ3v) is 2.99. The molecule has 0 heterocycles. The molecule has 1 aromatic carbocycles. The summed E-state index contributed by atoms with van der Waals surface area (Å²) in [6, 6.07) is 5.92. The molecule has 0 saturated heterocycles. The zero-order chi connectivity index (χ0) is 13.4. The van der Waals surface area contributed by atoms with Crippen molar-refractivity contribution in [2.45, 2.75) is 25.7 Å². The van der Waals surface area contributed by atoms with Crippen molar-refractivity contribution in [3.8, 4) is 5.75 Å². The van der Waals surface area contributed by atoms with Crippen LogP contribution in [0.5, 0.6) is 5.75 Å². The predicted octanol–water partition coefficient (Wildman–Crippen LogP) is 3.89. The monoisotopic (exact) mass is 373 g/mol. The van der Waals surface area contributed by atoms with E-state index in [4.69, 9.17) is 0 Å². The SMILES string of the molecule is FC(F)(F)Oc1ccc(CNCCCCI)cc1. The first-order valence-electron chi connectivity index (χ1n) is 5.62. The fourth-order valence-corrected chi connectivity index (χ4v) is 1.93. The lowest BCUT2D eigenvalue weighted by atomic mass is 10.2. The van der Waals surface area contributed by atoms with Gasteiger partial charge in [-0.05, 0) is 41.5 Å². The lowest BCUT2D eigenvalue weighted by molar-refractivity contribution is -0.274. The molecule has 18 heavy (non-hydrogen) atoms. The minimum absolute atomic E-state index is 0.184. The van der Waals surface area contributed by atoms with Gasteiger partial charge < -0.3 is 10.1 Å². The molecule has 0 fully saturated rings. The molecule has 102 valence electrons. The summed E-state index contributed by atoms with van der Waals surface area (Å²) in [5.41, 5.74) is 0.944. The van der Waals surface area contributed by atoms with Gasteiger partial charge in [-0.3, -0.25) is 0 Å². The van der Waals surface area contributed by atoms with Gasteiger partial charge in [0, 0.05) is 6.54 Å². The largest absolute Gasteiger partial charge is 0.573 e. The highest BCUT2D eigenvalue weighted by Gasteiger charge is 2.30. The summed E-state index contributed by atoms with van der Waals surface area (Å²) in [6.07, 6.45) is -2.34. The molecule has 0 spiro atoms. The molecule has 0 saturated carbocycles. The molecular formula is C12H15F3INO. The highest BCUT2D eigenvalue weighted by Crippen LogP contribution is 2.22. The Balaban J connectivity index is 2.32. The Hall–Kier alpha value is -0.500. The molecule has 0 aromatic heterocycles. The Labute approximate surface area is 118 Å². The Kier molecular flexibility index (Phi) is 6.77. The van der Waals surface area contributed by atoms with E-state index in [0.29, 0.717) is 6.54 Å². The third-order valence-electron chi connectivity index (χ3n) is 2.22. The van der Waals surface area contributed by atoms with E-state index >= 15 is 0 Å². The van der Waals surface area contributed by atoms with Crippen LogP contribution in [0.1, 0.15) is 18.4 Å². The molecule has 0 unspecified atom stereocenters. The van der Waals surface area contributed by atoms with Gasteiger partial charge in [0.25, 0.3) is 0 Å². The third kappa shape index (κ3) is 7.05. The van der Waals surface area contributed by atoms with Crippen molar-refractivity contribution in [1.82, 2.24) is 5.32 Å². The summed E-state index contributed by atoms with van der Waals surface area (Å²) >= 11 is 2.33. The second-order valence-electron chi connectivity index (χ2n) is 3.76. The molecule has 0 aliphatic rings. The van der Waals surface area contributed by atoms with Gasteiger partial charge in [0.05, 0.1) is 0 Å². The highest BCUT2D eigenvalue weighted by atomic mass is 127. The van der Waals surface area contributed by atoms with Crippen molar-refractivity contribution in [1.29, 1.82) is 0 Å². The molecule has 6 heteroatoms. The maximum atomic E-state index is 11.9. The van der Waals surface area contributed by atoms with Gasteiger partial charge in [-0.2, -0.15) is 0 Å². The number of rotatable bonds is 7. The van der Waals surface area contributed by atoms with Gasteiger partial charge >= 0.3 is 6.36 Å². The average molecular weight is 373 g/mol. The van der Waals surface area contributed by atoms with Crippen LogP contribution >= 0.6 is 22.6 Å². The Morgan fingerprint density at radius 3 is 2.33 bits per heavy atom. The molecule has 1 aromatic rings. The van der Waals surface area contributed by atoms with Crippen LogP contribution < -0.4 is 10.1 Å². The lowest BCUT2D eigenvalue weighted by Crippen LogP contribution is -2.17. The zero-order valence-electron chi connectivity index (χ0n) is 9.77. The normalized spacial score (nSPS) is 11.6. The number of benzene rings is 1. The van der Waals surface area contributed by atoms with E-state index in [-0.39, 0.29) is 5.75 Å². The van der Waals surface area contributed by atoms with Crippen molar-refractivity contribution < 1.29 is 17.9 Å². The van der Waals surface area contributed by atoms with Crippen molar-refractivity contribution in [3.63, 3.8) is 0 Å². The van der Waals surface area contributed by atoms with Gasteiger partial charge in [-0.1, -0.05) is 34.7 Å². The van der Waals surface area contributed by atoms with E-state index < -0.39 is 6.36 Å². The summed E-state index contributed by atoms with van der Waals surface area (Å²) in [6.45, 7) is 1.58. The van der Waals surface area contributed by atoms with Crippen LogP contribution in [0.15, 0.2) is 24.3 Å². The van der Waals surface area contributed by atoms with E-state index in [9.17, 15) is 13.2 Å². The van der Waals surface area contributed by atoms with E-state index in [1.54, 1.807) is 12.1 Å². The molecular weight excluding hydrogens is 358 g/mol. The number of halogens is 4. The number of unbranched alkanes of at least 4 members (excludes halogenated alkanes) is 1. The number of hydrogen-bond donors (Lipinski definition) is 1. The summed E-state index contributed by atoms with van der Waals surface area (Å²) in [7, 11) is 0. The van der Waals surface area contributed by atoms with E-state index in [1.165, 1.54) is 18.6 Å². The first-order chi connectivity index (χ1) is 8.51. The van der Waals surface area contributed by atoms with Crippen molar-refractivity contribution in [2.24, 2.45) is 0 Å². The molecule has 0 amide bonds. The Bertz CT molecular complexity index is 340. The summed E-state index contributed by atoms with van der Waals surface area (Å²) in [5.74, 6) is -0.184. The molecule has 2 nitrogen and oxygen atoms in total. The smallest absolute Gasteiger partial charge is 0.406 e. The molecule has 1 rings (SSSR count). The second-order valence-corrected chi connectivity index (χ2v) is 4.84. The molecule has 0 aliphatic heterocycles. The summed E-state index contributed by atoms with van der Waals surface area (Å²) < 4.78 is 40.7. The lowest BCUT2D eigenvalue weighted by Gasteiger charge is -2.09. The molecule has 1 N–H and O–H groups in total. The molecule has 0 radical (unpaired) electrons. The quantitative estimate of drug-likeness (QED) is 0.445. The molecule has 0 aliphatic carbocycles. The standard InChI is InChI=1S/C12H15F3INO/c13-12(14,15)18-11-5-3-10(4-6-11)9-17-8-2-1-7-16/h3-6,17H,1-2,7-9H2. The van der Waals surface area contributed by atoms with Crippen LogP contribution in [0.4, 0.5) is 13.2 Å². The first-order valence-corrected chi connectivity index (χ1v) is 7.15. The summed E-state index contributed by atoms with van der Waals surface area (Å²) in [5, 5.41) is 3.24. The van der Waals surface area contributed by atoms with Crippen molar-refractivity contribution in [3.05, 3.63) is 29.8 Å². The molecule has 0 atom stereocenters. The summed E-state index contributed by atoms with van der Waals surface area (Å²) in [4.78, 5) is 0. The predicted molar refractivity (Wildman–Crippen MR) is 73.0 cm³/mol. The van der Waals surface area contributed by atoms with Gasteiger partial charge in [0.1, 0.15) is 5.75 Å². The van der Waals surface area contributed by atoms with Crippen LogP contribution in [0.25, 0.3) is 0 Å². The number of hydrogen-bond acceptors (Lipinski definition) is 2. The minimum atomic E-state index is -4.63. The Morgan fingerprint density at radius 1 is 1.11 bits per heavy atom. The van der Waals surface area contributed by atoms with Crippen molar-refractivity contribution in [2.75, 3.05) is 11.0 Å². The number of nitrogens with one attached hydrogen (secondary N) is 1. The van der Waals surface area contributed by atoms with Crippen LogP contribution in [0.2, 0.25) is 0 Å². The number of alkyl halides is 4.